The van der Waals surface area contributed by atoms with Crippen LogP contribution in [0, 0.1) is 0 Å². The Bertz CT molecular complexity index is 1390. The van der Waals surface area contributed by atoms with E-state index in [0.717, 1.165) is 0 Å². The van der Waals surface area contributed by atoms with Crippen LogP contribution in [0.3, 0.4) is 0 Å². The van der Waals surface area contributed by atoms with Gasteiger partial charge in [0.05, 0.1) is 18.5 Å². The summed E-state index contributed by atoms with van der Waals surface area (Å²) in [5.74, 6) is 0. The normalized spacial score (nSPS) is 22.7. The average Bonchev–Trinajstić information content (AvgIpc) is 3.24. The van der Waals surface area contributed by atoms with E-state index in [0.29, 0.717) is 0 Å². The summed E-state index contributed by atoms with van der Waals surface area (Å²) in [7, 11) is -1.28. The van der Waals surface area contributed by atoms with Crippen molar-refractivity contribution < 1.29 is 21.7 Å². The Labute approximate surface area is 240 Å². The van der Waals surface area contributed by atoms with Gasteiger partial charge in [-0.25, -0.2) is 0 Å². The van der Waals surface area contributed by atoms with Gasteiger partial charge >= 0.3 is 0 Å². The minimum absolute atomic E-state index is 0. The molecule has 2 atom stereocenters. The van der Waals surface area contributed by atoms with E-state index in [2.05, 4.69) is 123 Å². The molecule has 0 amide bonds. The molecule has 0 saturated heterocycles. The van der Waals surface area contributed by atoms with Crippen LogP contribution in [0.25, 0.3) is 22.3 Å². The van der Waals surface area contributed by atoms with Crippen molar-refractivity contribution >= 4 is 55.0 Å². The first-order valence-electron chi connectivity index (χ1n) is 12.1. The molecule has 0 aromatic heterocycles. The van der Waals surface area contributed by atoms with Gasteiger partial charge < -0.3 is 0 Å². The Morgan fingerprint density at radius 3 is 1.22 bits per heavy atom. The second-order valence-electron chi connectivity index (χ2n) is 9.60. The van der Waals surface area contributed by atoms with Crippen molar-refractivity contribution in [1.82, 2.24) is 0 Å². The number of allylic oxidation sites excluding steroid dienone is 4. The zero-order valence-corrected chi connectivity index (χ0v) is 24.8. The maximum atomic E-state index is 7.93. The summed E-state index contributed by atoms with van der Waals surface area (Å²) in [6.45, 7) is 4.42. The van der Waals surface area contributed by atoms with Crippen LogP contribution in [0.5, 0.6) is 0 Å². The van der Waals surface area contributed by atoms with Gasteiger partial charge in [-0.3, -0.25) is 0 Å². The molecule has 2 aliphatic carbocycles. The van der Waals surface area contributed by atoms with Gasteiger partial charge in [-0.15, -0.1) is 23.2 Å². The molecule has 0 radical (unpaired) electrons. The summed E-state index contributed by atoms with van der Waals surface area (Å²) in [6.07, 6.45) is 0. The van der Waals surface area contributed by atoms with Crippen molar-refractivity contribution in [2.75, 3.05) is 0 Å². The van der Waals surface area contributed by atoms with Crippen molar-refractivity contribution in [3.8, 4) is 0 Å². The van der Waals surface area contributed by atoms with Gasteiger partial charge in [-0.1, -0.05) is 109 Å². The maximum Gasteiger partial charge on any atom is 0.0932 e. The van der Waals surface area contributed by atoms with Crippen molar-refractivity contribution in [2.24, 2.45) is 0 Å². The molecule has 0 N–H and O–H groups in total. The zero-order valence-electron chi connectivity index (χ0n) is 20.4. The third kappa shape index (κ3) is 3.76. The summed E-state index contributed by atoms with van der Waals surface area (Å²) >= 11 is 15.9. The van der Waals surface area contributed by atoms with Gasteiger partial charge in [-0.05, 0) is 69.5 Å². The molecule has 2 unspecified atom stereocenters. The molecule has 176 valence electrons. The SMILES string of the molecule is CC1=C(c2ccccc2)C(Cl)([SiH2]C2(Cl)C(c3ccccc3)=C(C)c3ccccc32)c2ccccc21.[Ti]. The van der Waals surface area contributed by atoms with E-state index >= 15 is 0 Å². The molecule has 0 heterocycles. The predicted octanol–water partition coefficient (Wildman–Crippen LogP) is 8.22. The van der Waals surface area contributed by atoms with E-state index in [1.165, 1.54) is 55.7 Å². The van der Waals surface area contributed by atoms with Gasteiger partial charge in [-0.2, -0.15) is 0 Å². The Kier molecular flexibility index (Phi) is 6.83. The fourth-order valence-electron chi connectivity index (χ4n) is 6.25. The maximum absolute atomic E-state index is 7.93. The van der Waals surface area contributed by atoms with E-state index in [4.69, 9.17) is 23.2 Å². The van der Waals surface area contributed by atoms with E-state index in [-0.39, 0.29) is 21.7 Å². The quantitative estimate of drug-likeness (QED) is 0.175. The van der Waals surface area contributed by atoms with Crippen LogP contribution in [-0.2, 0) is 30.7 Å². The number of hydrogen-bond acceptors (Lipinski definition) is 0. The van der Waals surface area contributed by atoms with Gasteiger partial charge in [0.2, 0.25) is 0 Å². The first-order valence-corrected chi connectivity index (χ1v) is 14.2. The summed E-state index contributed by atoms with van der Waals surface area (Å²) in [4.78, 5) is 0. The molecular weight excluding hydrogens is 531 g/mol. The second kappa shape index (κ2) is 9.63. The van der Waals surface area contributed by atoms with Gasteiger partial charge in [0.25, 0.3) is 0 Å². The molecule has 0 nitrogen and oxygen atoms in total. The fourth-order valence-corrected chi connectivity index (χ4v) is 11.4. The van der Waals surface area contributed by atoms with E-state index in [1.54, 1.807) is 0 Å². The van der Waals surface area contributed by atoms with Crippen LogP contribution >= 0.6 is 23.2 Å². The minimum atomic E-state index is -1.28. The number of alkyl halides is 2. The van der Waals surface area contributed by atoms with Crippen LogP contribution in [0.15, 0.2) is 109 Å². The number of rotatable bonds is 4. The van der Waals surface area contributed by atoms with Gasteiger partial charge in [0.15, 0.2) is 0 Å². The standard InChI is InChI=1S/C32H26Cl2Si.Ti/c1-21-25-17-9-11-19-27(25)31(33,29(21)23-13-5-3-6-14-23)35-32(34)28-20-12-10-18-26(28)22(2)30(32)24-15-7-4-8-16-24;/h3-20H,35H2,1-2H3;. The number of halogens is 2. The second-order valence-corrected chi connectivity index (χ2v) is 14.3. The summed E-state index contributed by atoms with van der Waals surface area (Å²) in [5.41, 5.74) is 12.1. The molecule has 0 spiro atoms. The van der Waals surface area contributed by atoms with E-state index in [1.807, 2.05) is 0 Å². The predicted molar refractivity (Wildman–Crippen MR) is 154 cm³/mol. The van der Waals surface area contributed by atoms with Crippen LogP contribution in [-0.4, -0.2) is 9.52 Å². The molecule has 0 bridgehead atoms. The monoisotopic (exact) mass is 556 g/mol. The molecule has 6 rings (SSSR count). The number of fused-ring (bicyclic) bond motifs is 2. The molecule has 2 aliphatic rings. The van der Waals surface area contributed by atoms with Crippen molar-refractivity contribution in [1.29, 1.82) is 0 Å². The molecule has 36 heavy (non-hydrogen) atoms. The van der Waals surface area contributed by atoms with Crippen molar-refractivity contribution in [2.45, 2.75) is 22.8 Å². The van der Waals surface area contributed by atoms with Crippen molar-refractivity contribution in [3.63, 3.8) is 0 Å². The first kappa shape index (κ1) is 25.5. The number of hydrogen-bond donors (Lipinski definition) is 0. The topological polar surface area (TPSA) is 0 Å². The summed E-state index contributed by atoms with van der Waals surface area (Å²) in [5, 5.41) is 0. The molecule has 0 aliphatic heterocycles. The smallest absolute Gasteiger partial charge is 0.0932 e. The van der Waals surface area contributed by atoms with Crippen LogP contribution in [0.1, 0.15) is 47.2 Å². The Hall–Kier alpha value is -2.13. The van der Waals surface area contributed by atoms with E-state index in [9.17, 15) is 0 Å². The first-order chi connectivity index (χ1) is 16.9. The minimum Gasteiger partial charge on any atom is -0.113 e. The third-order valence-corrected chi connectivity index (χ3v) is 11.7. The van der Waals surface area contributed by atoms with Crippen LogP contribution in [0.4, 0.5) is 0 Å². The van der Waals surface area contributed by atoms with Gasteiger partial charge in [0.1, 0.15) is 0 Å². The van der Waals surface area contributed by atoms with Gasteiger partial charge in [0, 0.05) is 21.7 Å². The molecule has 4 aromatic carbocycles. The largest absolute Gasteiger partial charge is 0.113 e. The Balaban J connectivity index is 0.00000267. The third-order valence-electron chi connectivity index (χ3n) is 7.67. The Morgan fingerprint density at radius 2 is 0.833 bits per heavy atom. The van der Waals surface area contributed by atoms with Crippen molar-refractivity contribution in [3.05, 3.63) is 143 Å². The zero-order chi connectivity index (χ0) is 24.2. The molecule has 0 fully saturated rings. The summed E-state index contributed by atoms with van der Waals surface area (Å²) < 4.78 is -1.27. The number of benzene rings is 4. The fraction of sp³-hybridized carbons (Fsp3) is 0.125. The molecular formula is C32H26Cl2SiTi. The molecule has 4 heteroatoms. The molecule has 0 saturated carbocycles. The summed E-state index contributed by atoms with van der Waals surface area (Å²) in [6, 6.07) is 38.5. The molecule has 4 aromatic rings. The average molecular weight is 557 g/mol. The van der Waals surface area contributed by atoms with E-state index < -0.39 is 18.5 Å². The Morgan fingerprint density at radius 1 is 0.500 bits per heavy atom. The van der Waals surface area contributed by atoms with Crippen LogP contribution < -0.4 is 0 Å². The van der Waals surface area contributed by atoms with Crippen LogP contribution in [0.2, 0.25) is 0 Å².